The first-order valence-electron chi connectivity index (χ1n) is 7.17. The Morgan fingerprint density at radius 3 is 2.74 bits per heavy atom. The van der Waals surface area contributed by atoms with E-state index in [0.29, 0.717) is 5.69 Å². The molecular formula is C16H18N6O. The lowest BCUT2D eigenvalue weighted by atomic mass is 10.2. The van der Waals surface area contributed by atoms with Crippen LogP contribution in [0.1, 0.15) is 17.0 Å². The minimum atomic E-state index is 0.247. The van der Waals surface area contributed by atoms with Crippen molar-refractivity contribution >= 4 is 5.84 Å². The van der Waals surface area contributed by atoms with Gasteiger partial charge in [-0.2, -0.15) is 5.10 Å². The molecule has 1 aromatic carbocycles. The second kappa shape index (κ2) is 6.35. The average molecular weight is 310 g/mol. The van der Waals surface area contributed by atoms with Crippen molar-refractivity contribution in [3.8, 4) is 5.69 Å². The zero-order chi connectivity index (χ0) is 16.2. The quantitative estimate of drug-likeness (QED) is 0.442. The summed E-state index contributed by atoms with van der Waals surface area (Å²) in [5.41, 5.74) is 9.54. The zero-order valence-corrected chi connectivity index (χ0v) is 13.0. The molecule has 23 heavy (non-hydrogen) atoms. The number of aromatic nitrogens is 4. The number of imidazole rings is 1. The monoisotopic (exact) mass is 310 g/mol. The molecule has 2 heterocycles. The molecule has 0 saturated heterocycles. The number of aryl methyl sites for hydroxylation is 2. The van der Waals surface area contributed by atoms with Crippen molar-refractivity contribution in [2.75, 3.05) is 0 Å². The van der Waals surface area contributed by atoms with Gasteiger partial charge in [-0.1, -0.05) is 22.9 Å². The average Bonchev–Trinajstić information content (AvgIpc) is 3.17. The van der Waals surface area contributed by atoms with Crippen LogP contribution in [0.25, 0.3) is 5.69 Å². The Bertz CT molecular complexity index is 815. The van der Waals surface area contributed by atoms with Gasteiger partial charge in [0, 0.05) is 13.2 Å². The van der Waals surface area contributed by atoms with Crippen LogP contribution >= 0.6 is 0 Å². The maximum Gasteiger partial charge on any atom is 0.188 e. The molecule has 0 bridgehead atoms. The lowest BCUT2D eigenvalue weighted by Crippen LogP contribution is -2.17. The summed E-state index contributed by atoms with van der Waals surface area (Å²) in [6.45, 7) is 2.30. The smallest absolute Gasteiger partial charge is 0.188 e. The molecule has 0 aliphatic carbocycles. The van der Waals surface area contributed by atoms with E-state index in [2.05, 4.69) is 22.2 Å². The molecule has 118 valence electrons. The van der Waals surface area contributed by atoms with Crippen molar-refractivity contribution in [3.63, 3.8) is 0 Å². The molecule has 0 atom stereocenters. The SMILES string of the molecule is Cc1ccc(-n2ccc(CO/N=C(\N)c3cncn3C)n2)cc1. The Morgan fingerprint density at radius 1 is 1.26 bits per heavy atom. The number of nitrogens with zero attached hydrogens (tertiary/aromatic N) is 5. The molecule has 0 spiro atoms. The first kappa shape index (κ1) is 14.8. The second-order valence-corrected chi connectivity index (χ2v) is 5.23. The molecule has 3 aromatic rings. The third kappa shape index (κ3) is 3.39. The fraction of sp³-hybridized carbons (Fsp3) is 0.188. The number of hydrogen-bond donors (Lipinski definition) is 1. The Morgan fingerprint density at radius 2 is 2.04 bits per heavy atom. The lowest BCUT2D eigenvalue weighted by Gasteiger charge is -2.02. The van der Waals surface area contributed by atoms with Gasteiger partial charge in [-0.25, -0.2) is 9.67 Å². The number of rotatable bonds is 5. The summed E-state index contributed by atoms with van der Waals surface area (Å²) in [5.74, 6) is 0.281. The molecule has 0 saturated carbocycles. The van der Waals surface area contributed by atoms with Crippen molar-refractivity contribution in [2.24, 2.45) is 17.9 Å². The second-order valence-electron chi connectivity index (χ2n) is 5.23. The van der Waals surface area contributed by atoms with E-state index in [1.54, 1.807) is 21.8 Å². The van der Waals surface area contributed by atoms with Crippen LogP contribution in [-0.4, -0.2) is 25.2 Å². The molecule has 2 N–H and O–H groups in total. The van der Waals surface area contributed by atoms with Crippen LogP contribution in [0.15, 0.2) is 54.2 Å². The van der Waals surface area contributed by atoms with E-state index < -0.39 is 0 Å². The molecule has 7 heteroatoms. The summed E-state index contributed by atoms with van der Waals surface area (Å²) in [6.07, 6.45) is 5.17. The van der Waals surface area contributed by atoms with Crippen LogP contribution in [0, 0.1) is 6.92 Å². The normalized spacial score (nSPS) is 11.7. The standard InChI is InChI=1S/C16H18N6O/c1-12-3-5-14(6-4-12)22-8-7-13(19-22)10-23-20-16(17)15-9-18-11-21(15)2/h3-9,11H,10H2,1-2H3,(H2,17,20). The van der Waals surface area contributed by atoms with Crippen molar-refractivity contribution in [3.05, 3.63) is 66.0 Å². The van der Waals surface area contributed by atoms with Crippen LogP contribution in [0.3, 0.4) is 0 Å². The van der Waals surface area contributed by atoms with Gasteiger partial charge in [0.15, 0.2) is 12.4 Å². The van der Waals surface area contributed by atoms with Crippen molar-refractivity contribution in [2.45, 2.75) is 13.5 Å². The van der Waals surface area contributed by atoms with E-state index in [0.717, 1.165) is 11.4 Å². The number of nitrogens with two attached hydrogens (primary N) is 1. The van der Waals surface area contributed by atoms with Crippen LogP contribution in [0.5, 0.6) is 0 Å². The maximum absolute atomic E-state index is 5.85. The Labute approximate surface area is 134 Å². The highest BCUT2D eigenvalue weighted by atomic mass is 16.6. The summed E-state index contributed by atoms with van der Waals surface area (Å²) >= 11 is 0. The number of benzene rings is 1. The van der Waals surface area contributed by atoms with Gasteiger partial charge >= 0.3 is 0 Å². The van der Waals surface area contributed by atoms with Crippen LogP contribution in [-0.2, 0) is 18.5 Å². The highest BCUT2D eigenvalue weighted by Gasteiger charge is 2.05. The summed E-state index contributed by atoms with van der Waals surface area (Å²) in [4.78, 5) is 9.26. The van der Waals surface area contributed by atoms with E-state index in [-0.39, 0.29) is 12.4 Å². The molecule has 0 aliphatic rings. The number of amidine groups is 1. The van der Waals surface area contributed by atoms with Crippen molar-refractivity contribution < 1.29 is 4.84 Å². The largest absolute Gasteiger partial charge is 0.387 e. The number of hydrogen-bond acceptors (Lipinski definition) is 4. The summed E-state index contributed by atoms with van der Waals surface area (Å²) < 4.78 is 3.57. The van der Waals surface area contributed by atoms with Crippen molar-refractivity contribution in [1.29, 1.82) is 0 Å². The Kier molecular flexibility index (Phi) is 4.09. The van der Waals surface area contributed by atoms with Gasteiger partial charge in [0.1, 0.15) is 11.4 Å². The summed E-state index contributed by atoms with van der Waals surface area (Å²) in [6, 6.07) is 10.0. The fourth-order valence-electron chi connectivity index (χ4n) is 2.10. The minimum Gasteiger partial charge on any atom is -0.387 e. The Balaban J connectivity index is 1.63. The first-order valence-corrected chi connectivity index (χ1v) is 7.17. The van der Waals surface area contributed by atoms with Gasteiger partial charge in [0.05, 0.1) is 18.2 Å². The molecule has 0 unspecified atom stereocenters. The van der Waals surface area contributed by atoms with E-state index in [1.165, 1.54) is 5.56 Å². The fourth-order valence-corrected chi connectivity index (χ4v) is 2.10. The first-order chi connectivity index (χ1) is 11.1. The van der Waals surface area contributed by atoms with Gasteiger partial charge in [0.2, 0.25) is 0 Å². The summed E-state index contributed by atoms with van der Waals surface area (Å²) in [7, 11) is 1.84. The van der Waals surface area contributed by atoms with E-state index >= 15 is 0 Å². The molecule has 0 radical (unpaired) electrons. The molecule has 7 nitrogen and oxygen atoms in total. The van der Waals surface area contributed by atoms with Crippen LogP contribution < -0.4 is 5.73 Å². The maximum atomic E-state index is 5.85. The Hall–Kier alpha value is -3.09. The number of oxime groups is 1. The van der Waals surface area contributed by atoms with Gasteiger partial charge < -0.3 is 15.1 Å². The molecule has 3 rings (SSSR count). The molecule has 0 amide bonds. The predicted octanol–water partition coefficient (Wildman–Crippen LogP) is 1.75. The topological polar surface area (TPSA) is 83.3 Å². The highest BCUT2D eigenvalue weighted by Crippen LogP contribution is 2.09. The van der Waals surface area contributed by atoms with Gasteiger partial charge in [0.25, 0.3) is 0 Å². The van der Waals surface area contributed by atoms with E-state index in [4.69, 9.17) is 10.6 Å². The van der Waals surface area contributed by atoms with Gasteiger partial charge in [-0.3, -0.25) is 0 Å². The predicted molar refractivity (Wildman–Crippen MR) is 87.0 cm³/mol. The molecular weight excluding hydrogens is 292 g/mol. The van der Waals surface area contributed by atoms with Crippen molar-refractivity contribution in [1.82, 2.24) is 19.3 Å². The molecule has 0 aliphatic heterocycles. The van der Waals surface area contributed by atoms with Crippen LogP contribution in [0.2, 0.25) is 0 Å². The summed E-state index contributed by atoms with van der Waals surface area (Å²) in [5, 5.41) is 8.35. The third-order valence-electron chi connectivity index (χ3n) is 3.40. The van der Waals surface area contributed by atoms with E-state index in [1.807, 2.05) is 43.6 Å². The van der Waals surface area contributed by atoms with Crippen LogP contribution in [0.4, 0.5) is 0 Å². The third-order valence-corrected chi connectivity index (χ3v) is 3.40. The van der Waals surface area contributed by atoms with Gasteiger partial charge in [-0.15, -0.1) is 0 Å². The molecule has 2 aromatic heterocycles. The highest BCUT2D eigenvalue weighted by molar-refractivity contribution is 5.95. The molecule has 0 fully saturated rings. The lowest BCUT2D eigenvalue weighted by molar-refractivity contribution is 0.127. The zero-order valence-electron chi connectivity index (χ0n) is 13.0. The minimum absolute atomic E-state index is 0.247. The van der Waals surface area contributed by atoms with Gasteiger partial charge in [-0.05, 0) is 25.1 Å². The van der Waals surface area contributed by atoms with E-state index in [9.17, 15) is 0 Å².